The Kier molecular flexibility index (Phi) is 20.0. The maximum atomic E-state index is 13.0. The van der Waals surface area contributed by atoms with Crippen LogP contribution in [0.25, 0.3) is 0 Å². The summed E-state index contributed by atoms with van der Waals surface area (Å²) >= 11 is 0. The van der Waals surface area contributed by atoms with Gasteiger partial charge < -0.3 is 51.5 Å². The molecule has 3 atom stereocenters. The van der Waals surface area contributed by atoms with Gasteiger partial charge in [-0.2, -0.15) is 0 Å². The van der Waals surface area contributed by atoms with E-state index in [1.165, 1.54) is 11.8 Å². The Balaban J connectivity index is 1.91. The largest absolute Gasteiger partial charge is 0.480 e. The lowest BCUT2D eigenvalue weighted by molar-refractivity contribution is -0.140. The van der Waals surface area contributed by atoms with Gasteiger partial charge in [0, 0.05) is 58.9 Å². The molecule has 0 aromatic heterocycles. The van der Waals surface area contributed by atoms with Gasteiger partial charge in [-0.3, -0.25) is 58.0 Å². The Labute approximate surface area is 319 Å². The maximum absolute atomic E-state index is 13.0. The molecule has 0 bridgehead atoms. The van der Waals surface area contributed by atoms with Crippen molar-refractivity contribution in [1.29, 1.82) is 0 Å². The summed E-state index contributed by atoms with van der Waals surface area (Å²) in [6.07, 6.45) is 0.988. The van der Waals surface area contributed by atoms with Crippen LogP contribution >= 0.6 is 0 Å². The highest BCUT2D eigenvalue weighted by Crippen LogP contribution is 2.19. The van der Waals surface area contributed by atoms with Crippen LogP contribution in [0.2, 0.25) is 0 Å². The number of carbonyl (C=O) groups excluding carboxylic acids is 5. The smallest absolute Gasteiger partial charge is 0.475 e. The molecule has 0 aliphatic carbocycles. The molecule has 0 aromatic carbocycles. The van der Waals surface area contributed by atoms with Crippen LogP contribution in [0.3, 0.4) is 0 Å². The molecular weight excluding hydrogens is 729 g/mol. The van der Waals surface area contributed by atoms with Crippen molar-refractivity contribution in [3.63, 3.8) is 0 Å². The summed E-state index contributed by atoms with van der Waals surface area (Å²) in [4.78, 5) is 106. The van der Waals surface area contributed by atoms with Crippen LogP contribution in [-0.2, 0) is 38.4 Å². The molecule has 2 heterocycles. The topological polar surface area (TPSA) is 302 Å². The number of amides is 5. The number of carboxylic acids is 3. The van der Waals surface area contributed by atoms with E-state index in [1.807, 2.05) is 0 Å². The van der Waals surface area contributed by atoms with Crippen LogP contribution in [0.1, 0.15) is 33.6 Å². The van der Waals surface area contributed by atoms with Crippen LogP contribution in [0.5, 0.6) is 0 Å². The molecule has 2 saturated heterocycles. The zero-order valence-electron chi connectivity index (χ0n) is 31.6. The van der Waals surface area contributed by atoms with Gasteiger partial charge in [0.15, 0.2) is 0 Å². The summed E-state index contributed by atoms with van der Waals surface area (Å²) in [7, 11) is -1.72. The third-order valence-electron chi connectivity index (χ3n) is 9.19. The molecule has 2 rings (SSSR count). The normalized spacial score (nSPS) is 19.3. The maximum Gasteiger partial charge on any atom is 0.475 e. The monoisotopic (exact) mass is 785 g/mol. The second kappa shape index (κ2) is 23.5. The number of likely N-dealkylation sites (tertiary alicyclic amines) is 1. The summed E-state index contributed by atoms with van der Waals surface area (Å²) in [6.45, 7) is 4.59. The molecule has 0 saturated carbocycles. The fourth-order valence-electron chi connectivity index (χ4n) is 6.21. The number of hydrogen-bond acceptors (Lipinski definition) is 14. The molecule has 22 nitrogen and oxygen atoms in total. The molecular formula is C32H56BN9O13. The molecule has 0 aromatic rings. The fourth-order valence-corrected chi connectivity index (χ4v) is 6.21. The van der Waals surface area contributed by atoms with Crippen LogP contribution < -0.4 is 21.3 Å². The van der Waals surface area contributed by atoms with Crippen molar-refractivity contribution in [2.24, 2.45) is 5.92 Å². The first-order valence-electron chi connectivity index (χ1n) is 18.2. The molecule has 310 valence electrons. The van der Waals surface area contributed by atoms with Crippen molar-refractivity contribution in [2.75, 3.05) is 98.2 Å². The van der Waals surface area contributed by atoms with Gasteiger partial charge in [-0.1, -0.05) is 13.8 Å². The number of rotatable bonds is 18. The Morgan fingerprint density at radius 1 is 0.600 bits per heavy atom. The van der Waals surface area contributed by atoms with E-state index in [9.17, 15) is 63.7 Å². The summed E-state index contributed by atoms with van der Waals surface area (Å²) < 4.78 is 0. The SMILES string of the molecule is CC(C)[C@H](NC(=O)CNC(=O)CNC(=O)CN1CCN(CC(=O)O)CCN(CC(=O)O)CCN(CC(=O)O)CC1)C(=O)N[C@H](C)C(=O)N1CCC[C@H]1B(O)O. The van der Waals surface area contributed by atoms with Gasteiger partial charge in [0.25, 0.3) is 0 Å². The number of nitrogens with zero attached hydrogens (tertiary/aromatic N) is 5. The van der Waals surface area contributed by atoms with Crippen molar-refractivity contribution in [3.05, 3.63) is 0 Å². The first-order valence-corrected chi connectivity index (χ1v) is 18.2. The van der Waals surface area contributed by atoms with E-state index in [1.54, 1.807) is 33.4 Å². The van der Waals surface area contributed by atoms with Gasteiger partial charge in [0.2, 0.25) is 29.5 Å². The van der Waals surface area contributed by atoms with E-state index < -0.39 is 91.6 Å². The lowest BCUT2D eigenvalue weighted by Gasteiger charge is -2.32. The number of nitrogens with one attached hydrogen (secondary N) is 4. The van der Waals surface area contributed by atoms with Gasteiger partial charge in [0.1, 0.15) is 12.1 Å². The summed E-state index contributed by atoms with van der Waals surface area (Å²) in [5.41, 5.74) is 0. The quantitative estimate of drug-likeness (QED) is 0.0585. The zero-order chi connectivity index (χ0) is 41.2. The van der Waals surface area contributed by atoms with Crippen LogP contribution in [-0.4, -0.2) is 221 Å². The van der Waals surface area contributed by atoms with E-state index in [2.05, 4.69) is 21.3 Å². The second-order valence-corrected chi connectivity index (χ2v) is 14.0. The molecule has 2 aliphatic heterocycles. The highest BCUT2D eigenvalue weighted by molar-refractivity contribution is 6.43. The van der Waals surface area contributed by atoms with Crippen molar-refractivity contribution in [3.8, 4) is 0 Å². The van der Waals surface area contributed by atoms with Crippen molar-refractivity contribution in [2.45, 2.75) is 51.6 Å². The number of hydrogen-bond donors (Lipinski definition) is 9. The van der Waals surface area contributed by atoms with Gasteiger partial charge in [0.05, 0.1) is 45.2 Å². The first-order chi connectivity index (χ1) is 25.9. The standard InChI is InChI=1S/C32H56BN9O13/c1-21(2)30(31(52)36-22(3)32(53)42-6-4-5-23(42)33(54)55)37-25(44)16-34-24(43)15-35-26(45)17-38-7-9-39(18-27(46)47)11-13-41(20-29(50)51)14-12-40(10-8-38)19-28(48)49/h21-23,30,54-55H,4-20H2,1-3H3,(H,34,43)(H,35,45)(H,36,52)(H,37,44)(H,46,47)(H,48,49)(H,50,51)/t22-,23+,30+/m1/s1. The van der Waals surface area contributed by atoms with Crippen molar-refractivity contribution < 1.29 is 63.7 Å². The Morgan fingerprint density at radius 3 is 1.44 bits per heavy atom. The predicted octanol–water partition coefficient (Wildman–Crippen LogP) is -5.66. The Morgan fingerprint density at radius 2 is 1.02 bits per heavy atom. The molecule has 0 unspecified atom stereocenters. The number of carboxylic acid groups (broad SMARTS) is 3. The summed E-state index contributed by atoms with van der Waals surface area (Å²) in [5.74, 6) is -7.58. The number of aliphatic carboxylic acids is 3. The Bertz CT molecular complexity index is 1330. The lowest BCUT2D eigenvalue weighted by Crippen LogP contribution is -2.57. The van der Waals surface area contributed by atoms with E-state index in [0.29, 0.717) is 19.4 Å². The van der Waals surface area contributed by atoms with Crippen LogP contribution in [0.15, 0.2) is 0 Å². The lowest BCUT2D eigenvalue weighted by atomic mass is 9.78. The van der Waals surface area contributed by atoms with E-state index in [0.717, 1.165) is 0 Å². The van der Waals surface area contributed by atoms with Gasteiger partial charge >= 0.3 is 25.0 Å². The minimum atomic E-state index is -1.72. The minimum Gasteiger partial charge on any atom is -0.480 e. The predicted molar refractivity (Wildman–Crippen MR) is 194 cm³/mol. The molecule has 9 N–H and O–H groups in total. The molecule has 2 aliphatic rings. The molecule has 0 radical (unpaired) electrons. The number of carbonyl (C=O) groups is 8. The highest BCUT2D eigenvalue weighted by Gasteiger charge is 2.39. The van der Waals surface area contributed by atoms with Gasteiger partial charge in [-0.05, 0) is 25.7 Å². The third-order valence-corrected chi connectivity index (χ3v) is 9.19. The van der Waals surface area contributed by atoms with E-state index in [4.69, 9.17) is 0 Å². The zero-order valence-corrected chi connectivity index (χ0v) is 31.6. The molecule has 5 amide bonds. The molecule has 55 heavy (non-hydrogen) atoms. The molecule has 2 fully saturated rings. The first kappa shape index (κ1) is 46.7. The Hall–Kier alpha value is -4.42. The summed E-state index contributed by atoms with van der Waals surface area (Å²) in [6, 6.07) is -2.09. The van der Waals surface area contributed by atoms with Crippen LogP contribution in [0, 0.1) is 5.92 Å². The minimum absolute atomic E-state index is 0.201. The third kappa shape index (κ3) is 17.7. The fraction of sp³-hybridized carbons (Fsp3) is 0.750. The molecule has 23 heteroatoms. The van der Waals surface area contributed by atoms with Crippen molar-refractivity contribution in [1.82, 2.24) is 45.8 Å². The average molecular weight is 786 g/mol. The van der Waals surface area contributed by atoms with Crippen molar-refractivity contribution >= 4 is 54.6 Å². The summed E-state index contributed by atoms with van der Waals surface area (Å²) in [5, 5.41) is 57.1. The van der Waals surface area contributed by atoms with Gasteiger partial charge in [-0.25, -0.2) is 0 Å². The second-order valence-electron chi connectivity index (χ2n) is 14.0. The van der Waals surface area contributed by atoms with Crippen LogP contribution in [0.4, 0.5) is 0 Å². The van der Waals surface area contributed by atoms with E-state index >= 15 is 0 Å². The average Bonchev–Trinajstić information content (AvgIpc) is 3.59. The van der Waals surface area contributed by atoms with E-state index in [-0.39, 0.29) is 78.5 Å². The molecule has 0 spiro atoms. The van der Waals surface area contributed by atoms with Gasteiger partial charge in [-0.15, -0.1) is 0 Å². The highest BCUT2D eigenvalue weighted by atomic mass is 16.4.